The Morgan fingerprint density at radius 2 is 2.26 bits per heavy atom. The Morgan fingerprint density at radius 1 is 1.42 bits per heavy atom. The second kappa shape index (κ2) is 6.33. The Hall–Kier alpha value is -1.88. The number of aliphatic hydroxyl groups is 1. The van der Waals surface area contributed by atoms with E-state index in [4.69, 9.17) is 9.26 Å². The quantitative estimate of drug-likeness (QED) is 0.862. The van der Waals surface area contributed by atoms with E-state index in [1.165, 1.54) is 0 Å². The second-order valence-corrected chi connectivity index (χ2v) is 4.52. The normalized spacial score (nSPS) is 12.4. The van der Waals surface area contributed by atoms with E-state index in [0.29, 0.717) is 31.0 Å². The van der Waals surface area contributed by atoms with Crippen molar-refractivity contribution in [3.63, 3.8) is 0 Å². The van der Waals surface area contributed by atoms with Crippen molar-refractivity contribution in [2.45, 2.75) is 32.3 Å². The van der Waals surface area contributed by atoms with E-state index >= 15 is 0 Å². The maximum atomic E-state index is 9.21. The van der Waals surface area contributed by atoms with Gasteiger partial charge in [-0.1, -0.05) is 17.3 Å². The molecule has 0 bridgehead atoms. The van der Waals surface area contributed by atoms with Crippen molar-refractivity contribution in [1.82, 2.24) is 10.1 Å². The van der Waals surface area contributed by atoms with Crippen LogP contribution in [0.4, 0.5) is 0 Å². The van der Waals surface area contributed by atoms with Gasteiger partial charge in [0, 0.05) is 12.8 Å². The fourth-order valence-electron chi connectivity index (χ4n) is 1.76. The van der Waals surface area contributed by atoms with Crippen molar-refractivity contribution in [3.05, 3.63) is 41.5 Å². The van der Waals surface area contributed by atoms with Gasteiger partial charge in [0.05, 0.1) is 13.2 Å². The standard InChI is InChI=1S/C14H18N2O3/c1-10(17)6-7-14-15-13(16-19-14)9-11-4-3-5-12(8-11)18-2/h3-5,8,10,17H,6-7,9H2,1-2H3. The van der Waals surface area contributed by atoms with Gasteiger partial charge in [0.15, 0.2) is 5.82 Å². The van der Waals surface area contributed by atoms with Crippen molar-refractivity contribution in [1.29, 1.82) is 0 Å². The Morgan fingerprint density at radius 3 is 3.00 bits per heavy atom. The van der Waals surface area contributed by atoms with E-state index in [2.05, 4.69) is 10.1 Å². The number of aromatic nitrogens is 2. The summed E-state index contributed by atoms with van der Waals surface area (Å²) in [6.45, 7) is 1.74. The average molecular weight is 262 g/mol. The van der Waals surface area contributed by atoms with Gasteiger partial charge < -0.3 is 14.4 Å². The van der Waals surface area contributed by atoms with Crippen molar-refractivity contribution < 1.29 is 14.4 Å². The van der Waals surface area contributed by atoms with E-state index in [9.17, 15) is 5.11 Å². The van der Waals surface area contributed by atoms with Gasteiger partial charge in [0.25, 0.3) is 0 Å². The van der Waals surface area contributed by atoms with Crippen LogP contribution in [-0.4, -0.2) is 28.5 Å². The number of ether oxygens (including phenoxy) is 1. The van der Waals surface area contributed by atoms with Crippen molar-refractivity contribution in [2.24, 2.45) is 0 Å². The zero-order valence-corrected chi connectivity index (χ0v) is 11.2. The Balaban J connectivity index is 1.99. The topological polar surface area (TPSA) is 68.4 Å². The summed E-state index contributed by atoms with van der Waals surface area (Å²) in [7, 11) is 1.64. The molecule has 0 saturated heterocycles. The molecule has 0 saturated carbocycles. The zero-order valence-electron chi connectivity index (χ0n) is 11.2. The van der Waals surface area contributed by atoms with E-state index in [0.717, 1.165) is 11.3 Å². The monoisotopic (exact) mass is 262 g/mol. The Bertz CT molecular complexity index is 523. The Kier molecular flexibility index (Phi) is 4.52. The number of aliphatic hydroxyl groups excluding tert-OH is 1. The van der Waals surface area contributed by atoms with E-state index in [1.54, 1.807) is 14.0 Å². The molecule has 1 unspecified atom stereocenters. The largest absolute Gasteiger partial charge is 0.497 e. The minimum atomic E-state index is -0.353. The van der Waals surface area contributed by atoms with Crippen LogP contribution in [0.15, 0.2) is 28.8 Å². The van der Waals surface area contributed by atoms with Gasteiger partial charge in [-0.05, 0) is 31.0 Å². The van der Waals surface area contributed by atoms with Gasteiger partial charge in [0.2, 0.25) is 5.89 Å². The highest BCUT2D eigenvalue weighted by molar-refractivity contribution is 5.29. The molecule has 1 aromatic carbocycles. The van der Waals surface area contributed by atoms with Crippen LogP contribution in [0, 0.1) is 0 Å². The molecule has 1 N–H and O–H groups in total. The molecule has 0 amide bonds. The van der Waals surface area contributed by atoms with Crippen LogP contribution in [0.2, 0.25) is 0 Å². The lowest BCUT2D eigenvalue weighted by Crippen LogP contribution is -2.01. The molecule has 0 radical (unpaired) electrons. The summed E-state index contributed by atoms with van der Waals surface area (Å²) in [6, 6.07) is 7.77. The average Bonchev–Trinajstić information content (AvgIpc) is 2.84. The van der Waals surface area contributed by atoms with Crippen LogP contribution >= 0.6 is 0 Å². The summed E-state index contributed by atoms with van der Waals surface area (Å²) in [5.41, 5.74) is 1.07. The summed E-state index contributed by atoms with van der Waals surface area (Å²) in [5, 5.41) is 13.1. The first-order chi connectivity index (χ1) is 9.17. The molecule has 2 aromatic rings. The van der Waals surface area contributed by atoms with Crippen molar-refractivity contribution in [3.8, 4) is 5.75 Å². The number of benzene rings is 1. The van der Waals surface area contributed by atoms with E-state index < -0.39 is 0 Å². The van der Waals surface area contributed by atoms with Gasteiger partial charge in [0.1, 0.15) is 5.75 Å². The summed E-state index contributed by atoms with van der Waals surface area (Å²) < 4.78 is 10.3. The third-order valence-electron chi connectivity index (χ3n) is 2.78. The van der Waals surface area contributed by atoms with E-state index in [1.807, 2.05) is 24.3 Å². The highest BCUT2D eigenvalue weighted by atomic mass is 16.5. The summed E-state index contributed by atoms with van der Waals surface area (Å²) in [4.78, 5) is 4.30. The van der Waals surface area contributed by atoms with Gasteiger partial charge in [-0.3, -0.25) is 0 Å². The molecular weight excluding hydrogens is 244 g/mol. The first-order valence-electron chi connectivity index (χ1n) is 6.30. The smallest absolute Gasteiger partial charge is 0.226 e. The molecule has 0 aliphatic heterocycles. The predicted octanol–water partition coefficient (Wildman–Crippen LogP) is 1.98. The fraction of sp³-hybridized carbons (Fsp3) is 0.429. The number of hydrogen-bond acceptors (Lipinski definition) is 5. The van der Waals surface area contributed by atoms with Gasteiger partial charge >= 0.3 is 0 Å². The molecule has 1 heterocycles. The highest BCUT2D eigenvalue weighted by Crippen LogP contribution is 2.15. The van der Waals surface area contributed by atoms with Gasteiger partial charge in [-0.25, -0.2) is 0 Å². The second-order valence-electron chi connectivity index (χ2n) is 4.52. The van der Waals surface area contributed by atoms with Crippen LogP contribution in [0.25, 0.3) is 0 Å². The van der Waals surface area contributed by atoms with Gasteiger partial charge in [-0.2, -0.15) is 4.98 Å². The zero-order chi connectivity index (χ0) is 13.7. The van der Waals surface area contributed by atoms with Crippen LogP contribution in [0.5, 0.6) is 5.75 Å². The van der Waals surface area contributed by atoms with E-state index in [-0.39, 0.29) is 6.10 Å². The maximum Gasteiger partial charge on any atom is 0.226 e. The molecule has 2 rings (SSSR count). The summed E-state index contributed by atoms with van der Waals surface area (Å²) in [6.07, 6.45) is 1.48. The van der Waals surface area contributed by atoms with Gasteiger partial charge in [-0.15, -0.1) is 0 Å². The lowest BCUT2D eigenvalue weighted by atomic mass is 10.1. The molecule has 1 atom stereocenters. The van der Waals surface area contributed by atoms with Crippen molar-refractivity contribution in [2.75, 3.05) is 7.11 Å². The van der Waals surface area contributed by atoms with Crippen molar-refractivity contribution >= 4 is 0 Å². The Labute approximate surface area is 112 Å². The molecule has 1 aromatic heterocycles. The number of hydrogen-bond donors (Lipinski definition) is 1. The predicted molar refractivity (Wildman–Crippen MR) is 70.1 cm³/mol. The number of rotatable bonds is 6. The highest BCUT2D eigenvalue weighted by Gasteiger charge is 2.08. The molecule has 0 fully saturated rings. The third kappa shape index (κ3) is 4.06. The molecule has 5 heteroatoms. The summed E-state index contributed by atoms with van der Waals surface area (Å²) >= 11 is 0. The third-order valence-corrected chi connectivity index (χ3v) is 2.78. The maximum absolute atomic E-state index is 9.21. The minimum absolute atomic E-state index is 0.353. The summed E-state index contributed by atoms with van der Waals surface area (Å²) in [5.74, 6) is 2.03. The van der Waals surface area contributed by atoms with Crippen LogP contribution < -0.4 is 4.74 Å². The molecule has 19 heavy (non-hydrogen) atoms. The first-order valence-corrected chi connectivity index (χ1v) is 6.30. The SMILES string of the molecule is COc1cccc(Cc2noc(CCC(C)O)n2)c1. The minimum Gasteiger partial charge on any atom is -0.497 e. The number of aryl methyl sites for hydroxylation is 1. The van der Waals surface area contributed by atoms with Crippen LogP contribution in [0.3, 0.4) is 0 Å². The molecule has 102 valence electrons. The fourth-order valence-corrected chi connectivity index (χ4v) is 1.76. The number of nitrogens with zero attached hydrogens (tertiary/aromatic N) is 2. The molecular formula is C14H18N2O3. The van der Waals surface area contributed by atoms with Crippen LogP contribution in [0.1, 0.15) is 30.6 Å². The van der Waals surface area contributed by atoms with Crippen LogP contribution in [-0.2, 0) is 12.8 Å². The lowest BCUT2D eigenvalue weighted by molar-refractivity contribution is 0.180. The molecule has 0 spiro atoms. The molecule has 0 aliphatic carbocycles. The lowest BCUT2D eigenvalue weighted by Gasteiger charge is -2.01. The molecule has 5 nitrogen and oxygen atoms in total. The number of methoxy groups -OCH3 is 1. The molecule has 0 aliphatic rings. The first kappa shape index (κ1) is 13.5.